The van der Waals surface area contributed by atoms with E-state index in [2.05, 4.69) is 28.4 Å². The Labute approximate surface area is 128 Å². The molecule has 0 aliphatic carbocycles. The van der Waals surface area contributed by atoms with Crippen LogP contribution in [-0.2, 0) is 11.3 Å². The molecule has 0 saturated carbocycles. The van der Waals surface area contributed by atoms with Gasteiger partial charge in [0.2, 0.25) is 0 Å². The van der Waals surface area contributed by atoms with Crippen LogP contribution < -0.4 is 0 Å². The fourth-order valence-electron chi connectivity index (χ4n) is 2.06. The highest BCUT2D eigenvalue weighted by molar-refractivity contribution is 7.99. The van der Waals surface area contributed by atoms with E-state index in [1.165, 1.54) is 17.3 Å². The number of thioether (sulfide) groups is 1. The van der Waals surface area contributed by atoms with Crippen molar-refractivity contribution in [2.24, 2.45) is 0 Å². The molecule has 0 aliphatic rings. The summed E-state index contributed by atoms with van der Waals surface area (Å²) in [5, 5.41) is 9.59. The number of aryl methyl sites for hydroxylation is 1. The summed E-state index contributed by atoms with van der Waals surface area (Å²) in [5.41, 5.74) is 3.39. The minimum Gasteiger partial charge on any atom is -0.481 e. The second-order valence-corrected chi connectivity index (χ2v) is 6.13. The van der Waals surface area contributed by atoms with Crippen molar-refractivity contribution >= 4 is 17.7 Å². The first kappa shape index (κ1) is 15.6. The first-order valence-corrected chi connectivity index (χ1v) is 7.77. The summed E-state index contributed by atoms with van der Waals surface area (Å²) in [4.78, 5) is 19.3. The van der Waals surface area contributed by atoms with Gasteiger partial charge >= 0.3 is 5.97 Å². The summed E-state index contributed by atoms with van der Waals surface area (Å²) >= 11 is 1.25. The van der Waals surface area contributed by atoms with Crippen LogP contribution in [0.2, 0.25) is 0 Å². The molecule has 0 radical (unpaired) electrons. The van der Waals surface area contributed by atoms with Crippen molar-refractivity contribution in [1.29, 1.82) is 0 Å². The molecule has 0 aromatic carbocycles. The molecule has 6 heteroatoms. The fourth-order valence-corrected chi connectivity index (χ4v) is 2.77. The molecule has 0 spiro atoms. The SMILES string of the molecule is Cc1ccncc1Cn1c(C(C)C)cnc1SCC(=O)O. The van der Waals surface area contributed by atoms with E-state index in [1.807, 2.05) is 25.4 Å². The van der Waals surface area contributed by atoms with E-state index in [0.717, 1.165) is 16.4 Å². The molecule has 0 unspecified atom stereocenters. The molecule has 2 aromatic heterocycles. The van der Waals surface area contributed by atoms with Crippen LogP contribution in [-0.4, -0.2) is 31.4 Å². The lowest BCUT2D eigenvalue weighted by Crippen LogP contribution is -2.09. The fraction of sp³-hybridized carbons (Fsp3) is 0.400. The Bertz CT molecular complexity index is 638. The standard InChI is InChI=1S/C15H19N3O2S/c1-10(2)13-7-17-15(21-9-14(19)20)18(13)8-12-6-16-5-4-11(12)3/h4-7,10H,8-9H2,1-3H3,(H,19,20). The second kappa shape index (κ2) is 6.76. The Morgan fingerprint density at radius 2 is 2.19 bits per heavy atom. The number of imidazole rings is 1. The van der Waals surface area contributed by atoms with E-state index in [4.69, 9.17) is 5.11 Å². The maximum Gasteiger partial charge on any atom is 0.313 e. The number of hydrogen-bond donors (Lipinski definition) is 1. The summed E-state index contributed by atoms with van der Waals surface area (Å²) in [7, 11) is 0. The average Bonchev–Trinajstić information content (AvgIpc) is 2.82. The molecule has 0 fully saturated rings. The normalized spacial score (nSPS) is 11.0. The molecule has 2 rings (SSSR count). The van der Waals surface area contributed by atoms with Gasteiger partial charge in [0.05, 0.1) is 12.3 Å². The van der Waals surface area contributed by atoms with Gasteiger partial charge in [0.25, 0.3) is 0 Å². The lowest BCUT2D eigenvalue weighted by atomic mass is 10.1. The third-order valence-electron chi connectivity index (χ3n) is 3.24. The highest BCUT2D eigenvalue weighted by Gasteiger charge is 2.15. The second-order valence-electron chi connectivity index (χ2n) is 5.19. The lowest BCUT2D eigenvalue weighted by molar-refractivity contribution is -0.133. The Balaban J connectivity index is 2.32. The molecule has 0 aliphatic heterocycles. The molecule has 5 nitrogen and oxygen atoms in total. The number of aliphatic carboxylic acids is 1. The molecule has 0 bridgehead atoms. The maximum atomic E-state index is 10.8. The van der Waals surface area contributed by atoms with Crippen LogP contribution in [0, 0.1) is 6.92 Å². The van der Waals surface area contributed by atoms with Gasteiger partial charge in [-0.05, 0) is 30.0 Å². The zero-order chi connectivity index (χ0) is 15.4. The monoisotopic (exact) mass is 305 g/mol. The van der Waals surface area contributed by atoms with Crippen LogP contribution in [0.25, 0.3) is 0 Å². The average molecular weight is 305 g/mol. The van der Waals surface area contributed by atoms with E-state index >= 15 is 0 Å². The molecular formula is C15H19N3O2S. The lowest BCUT2D eigenvalue weighted by Gasteiger charge is -2.14. The first-order chi connectivity index (χ1) is 9.99. The number of carbonyl (C=O) groups is 1. The molecule has 2 heterocycles. The largest absolute Gasteiger partial charge is 0.481 e. The van der Waals surface area contributed by atoms with E-state index in [0.29, 0.717) is 12.5 Å². The minimum absolute atomic E-state index is 0.0145. The van der Waals surface area contributed by atoms with E-state index in [1.54, 1.807) is 6.20 Å². The number of rotatable bonds is 6. The summed E-state index contributed by atoms with van der Waals surface area (Å²) < 4.78 is 2.09. The van der Waals surface area contributed by atoms with Gasteiger partial charge in [0.15, 0.2) is 5.16 Å². The number of pyridine rings is 1. The van der Waals surface area contributed by atoms with Crippen molar-refractivity contribution in [2.45, 2.75) is 38.4 Å². The Morgan fingerprint density at radius 1 is 1.43 bits per heavy atom. The van der Waals surface area contributed by atoms with Crippen LogP contribution in [0.3, 0.4) is 0 Å². The molecule has 112 valence electrons. The maximum absolute atomic E-state index is 10.8. The zero-order valence-corrected chi connectivity index (χ0v) is 13.2. The number of hydrogen-bond acceptors (Lipinski definition) is 4. The Hall–Kier alpha value is -1.82. The van der Waals surface area contributed by atoms with Crippen molar-refractivity contribution in [2.75, 3.05) is 5.75 Å². The van der Waals surface area contributed by atoms with Gasteiger partial charge in [-0.15, -0.1) is 0 Å². The molecule has 0 atom stereocenters. The van der Waals surface area contributed by atoms with Crippen molar-refractivity contribution in [3.8, 4) is 0 Å². The molecule has 1 N–H and O–H groups in total. The molecule has 0 saturated heterocycles. The van der Waals surface area contributed by atoms with Gasteiger partial charge in [0, 0.05) is 24.3 Å². The van der Waals surface area contributed by atoms with Crippen LogP contribution >= 0.6 is 11.8 Å². The molecular weight excluding hydrogens is 286 g/mol. The van der Waals surface area contributed by atoms with Crippen LogP contribution in [0.4, 0.5) is 0 Å². The number of aromatic nitrogens is 3. The predicted octanol–water partition coefficient (Wildman–Crippen LogP) is 2.93. The van der Waals surface area contributed by atoms with E-state index in [9.17, 15) is 4.79 Å². The van der Waals surface area contributed by atoms with Crippen molar-refractivity contribution in [3.63, 3.8) is 0 Å². The molecule has 0 amide bonds. The van der Waals surface area contributed by atoms with E-state index < -0.39 is 5.97 Å². The van der Waals surface area contributed by atoms with Crippen molar-refractivity contribution in [3.05, 3.63) is 41.5 Å². The van der Waals surface area contributed by atoms with Gasteiger partial charge in [-0.2, -0.15) is 0 Å². The highest BCUT2D eigenvalue weighted by Crippen LogP contribution is 2.25. The van der Waals surface area contributed by atoms with Crippen LogP contribution in [0.5, 0.6) is 0 Å². The highest BCUT2D eigenvalue weighted by atomic mass is 32.2. The zero-order valence-electron chi connectivity index (χ0n) is 12.4. The number of carboxylic acids is 1. The number of carboxylic acid groups (broad SMARTS) is 1. The van der Waals surface area contributed by atoms with Crippen molar-refractivity contribution in [1.82, 2.24) is 14.5 Å². The Morgan fingerprint density at radius 3 is 2.81 bits per heavy atom. The van der Waals surface area contributed by atoms with Gasteiger partial charge < -0.3 is 9.67 Å². The molecule has 21 heavy (non-hydrogen) atoms. The van der Waals surface area contributed by atoms with Gasteiger partial charge in [-0.25, -0.2) is 4.98 Å². The molecule has 2 aromatic rings. The van der Waals surface area contributed by atoms with Crippen molar-refractivity contribution < 1.29 is 9.90 Å². The van der Waals surface area contributed by atoms with E-state index in [-0.39, 0.29) is 5.75 Å². The third kappa shape index (κ3) is 3.85. The quantitative estimate of drug-likeness (QED) is 0.831. The van der Waals surface area contributed by atoms with Crippen LogP contribution in [0.1, 0.15) is 36.6 Å². The number of nitrogens with zero attached hydrogens (tertiary/aromatic N) is 3. The smallest absolute Gasteiger partial charge is 0.313 e. The summed E-state index contributed by atoms with van der Waals surface area (Å²) in [6.45, 7) is 6.92. The van der Waals surface area contributed by atoms with Gasteiger partial charge in [0.1, 0.15) is 0 Å². The topological polar surface area (TPSA) is 68.0 Å². The van der Waals surface area contributed by atoms with Gasteiger partial charge in [-0.1, -0.05) is 25.6 Å². The first-order valence-electron chi connectivity index (χ1n) is 6.78. The summed E-state index contributed by atoms with van der Waals surface area (Å²) in [6.07, 6.45) is 5.46. The Kier molecular flexibility index (Phi) is 5.01. The van der Waals surface area contributed by atoms with Gasteiger partial charge in [-0.3, -0.25) is 9.78 Å². The van der Waals surface area contributed by atoms with Crippen LogP contribution in [0.15, 0.2) is 29.8 Å². The summed E-state index contributed by atoms with van der Waals surface area (Å²) in [5.74, 6) is -0.493. The summed E-state index contributed by atoms with van der Waals surface area (Å²) in [6, 6.07) is 1.98. The predicted molar refractivity (Wildman–Crippen MR) is 82.8 cm³/mol. The third-order valence-corrected chi connectivity index (χ3v) is 4.22. The minimum atomic E-state index is -0.835.